The Morgan fingerprint density at radius 2 is 0.864 bits per heavy atom. The first kappa shape index (κ1) is 142. The smallest absolute Gasteiger partial charge is 0.196 e. The van der Waals surface area contributed by atoms with E-state index in [-0.39, 0.29) is 0 Å². The summed E-state index contributed by atoms with van der Waals surface area (Å²) < 4.78 is 14.7. The monoisotopic (exact) mass is 1790 g/mol. The van der Waals surface area contributed by atoms with E-state index in [1.165, 1.54) is 45.2 Å². The first-order valence-electron chi connectivity index (χ1n) is 46.4. The Kier molecular flexibility index (Phi) is 126. The van der Waals surface area contributed by atoms with E-state index in [4.69, 9.17) is 13.3 Å². The van der Waals surface area contributed by atoms with Gasteiger partial charge in [0.15, 0.2) is 18.7 Å². The van der Waals surface area contributed by atoms with Gasteiger partial charge in [-0.2, -0.15) is 15.3 Å². The summed E-state index contributed by atoms with van der Waals surface area (Å²) in [7, 11) is 0. The SMILES string of the molecule is CC.CC.CC.CC.CC.CC.CC.CC.CC.CC.CC.CC.CC(C)c1cccnc1.CC(C)c1ccn[nH]1.CC(C)c1ccncn1.CC(C)c1ccnnc1.CC(C)c1cnccn1.CC(C)c1cnco1.CC(C)c1cncs1.CC(C)c1cocn1.CC(C)c1cscn1.CC(C)c1ncccn1.CC(C)c1ncco1.CC(C)c1nccs1. The molecule has 0 spiro atoms. The van der Waals surface area contributed by atoms with Gasteiger partial charge in [0.05, 0.1) is 51.7 Å². The highest BCUT2D eigenvalue weighted by molar-refractivity contribution is 7.10. The normalized spacial score (nSPS) is 8.86. The molecule has 12 aromatic rings. The van der Waals surface area contributed by atoms with Crippen molar-refractivity contribution < 1.29 is 13.3 Å². The van der Waals surface area contributed by atoms with E-state index >= 15 is 0 Å². The summed E-state index contributed by atoms with van der Waals surface area (Å²) in [6.07, 6.45) is 34.4. The third kappa shape index (κ3) is 89.8. The van der Waals surface area contributed by atoms with E-state index in [2.05, 4.69) is 249 Å². The summed E-state index contributed by atoms with van der Waals surface area (Å²) in [4.78, 5) is 53.4. The Morgan fingerprint density at radius 3 is 1.10 bits per heavy atom. The number of nitrogens with zero attached hydrogens (tertiary/aromatic N) is 16. The second kappa shape index (κ2) is 111. The number of oxazole rings is 3. The zero-order valence-electron chi connectivity index (χ0n) is 88.4. The van der Waals surface area contributed by atoms with Crippen LogP contribution in [0.25, 0.3) is 0 Å². The fourth-order valence-corrected chi connectivity index (χ4v) is 8.89. The topological polar surface area (TPSA) is 261 Å². The predicted molar refractivity (Wildman–Crippen MR) is 552 cm³/mol. The lowest BCUT2D eigenvalue weighted by Gasteiger charge is -2.00. The lowest BCUT2D eigenvalue weighted by molar-refractivity contribution is 0.471. The van der Waals surface area contributed by atoms with Crippen molar-refractivity contribution in [3.63, 3.8) is 0 Å². The average Bonchev–Trinajstić information content (AvgIpc) is 1.42. The Labute approximate surface area is 780 Å². The molecule has 716 valence electrons. The van der Waals surface area contributed by atoms with E-state index in [0.717, 1.165) is 34.6 Å². The molecule has 0 aliphatic heterocycles. The molecule has 0 radical (unpaired) electrons. The van der Waals surface area contributed by atoms with Gasteiger partial charge in [0.25, 0.3) is 0 Å². The van der Waals surface area contributed by atoms with Crippen LogP contribution in [0.2, 0.25) is 0 Å². The molecule has 0 aliphatic carbocycles. The van der Waals surface area contributed by atoms with Crippen molar-refractivity contribution in [1.82, 2.24) is 85.2 Å². The highest BCUT2D eigenvalue weighted by Crippen LogP contribution is 2.19. The van der Waals surface area contributed by atoms with Gasteiger partial charge in [-0.3, -0.25) is 25.0 Å². The maximum absolute atomic E-state index is 4.98. The van der Waals surface area contributed by atoms with Crippen molar-refractivity contribution >= 4 is 34.0 Å². The molecule has 1 N–H and O–H groups in total. The summed E-state index contributed by atoms with van der Waals surface area (Å²) in [5.74, 6) is 8.98. The van der Waals surface area contributed by atoms with Crippen LogP contribution < -0.4 is 0 Å². The van der Waals surface area contributed by atoms with Crippen LogP contribution in [0.5, 0.6) is 0 Å². The van der Waals surface area contributed by atoms with Crippen molar-refractivity contribution in [1.29, 1.82) is 0 Å². The van der Waals surface area contributed by atoms with Crippen LogP contribution in [0.15, 0.2) is 196 Å². The number of rotatable bonds is 12. The molecule has 12 heterocycles. The molecular weight excluding hydrogens is 1610 g/mol. The predicted octanol–water partition coefficient (Wildman–Crippen LogP) is 34.6. The van der Waals surface area contributed by atoms with Gasteiger partial charge in [0, 0.05) is 125 Å². The number of aromatic nitrogens is 17. The highest BCUT2D eigenvalue weighted by atomic mass is 32.1. The quantitative estimate of drug-likeness (QED) is 0.119. The van der Waals surface area contributed by atoms with Gasteiger partial charge in [-0.1, -0.05) is 338 Å². The van der Waals surface area contributed by atoms with Gasteiger partial charge < -0.3 is 13.3 Å². The lowest BCUT2D eigenvalue weighted by atomic mass is 10.1. The minimum atomic E-state index is 0.407. The van der Waals surface area contributed by atoms with E-state index in [9.17, 15) is 0 Å². The number of hydrogen-bond donors (Lipinski definition) is 1. The van der Waals surface area contributed by atoms with Gasteiger partial charge in [0.2, 0.25) is 0 Å². The maximum atomic E-state index is 4.98. The van der Waals surface area contributed by atoms with Crippen LogP contribution >= 0.6 is 34.0 Å². The molecule has 0 fully saturated rings. The summed E-state index contributed by atoms with van der Waals surface area (Å²) in [5.41, 5.74) is 11.9. The summed E-state index contributed by atoms with van der Waals surface area (Å²) >= 11 is 5.10. The van der Waals surface area contributed by atoms with E-state index in [1.807, 2.05) is 245 Å². The Hall–Kier alpha value is -8.80. The standard InChI is InChI=1S/C8H11N.4C7H10N2.C6H10N2.3C6H9NO.3C6H9NS.12C2H6/c1-7(2)8-4-3-5-9-6-8;1-6(2)7-5-8-3-4-9-7;1-6(2)7-3-4-8-5-9-7;1-6(2)7-3-4-8-9-5-7;1-6(2)7-8-4-3-5-9-7;1-5(2)6-3-4-7-8-6;1-5(2)6-3-8-4-7-6;1-5(2)6-3-7-4-8-6;1-5(2)6-7-3-4-8-6;1-5(2)6-3-8-4-7-6;1-5(2)6-3-7-4-8-6;1-5(2)6-7-3-4-8-6;12*1-2/h3-7H,1-2H3;4*3-6H,1-2H3;3-5H,1-2H3,(H,7,8);6*3-5H,1-2H3;12*1-2H3. The number of thiazole rings is 3. The minimum Gasteiger partial charge on any atom is -0.451 e. The summed E-state index contributed by atoms with van der Waals surface area (Å²) in [6.45, 7) is 98.8. The summed E-state index contributed by atoms with van der Waals surface area (Å²) in [5, 5.41) is 19.5. The molecule has 12 rings (SSSR count). The van der Waals surface area contributed by atoms with Crippen LogP contribution in [0.4, 0.5) is 0 Å². The lowest BCUT2D eigenvalue weighted by Crippen LogP contribution is -1.93. The Morgan fingerprint density at radius 1 is 0.312 bits per heavy atom. The molecule has 0 saturated carbocycles. The minimum absolute atomic E-state index is 0.407. The van der Waals surface area contributed by atoms with Crippen molar-refractivity contribution in [2.24, 2.45) is 0 Å². The maximum Gasteiger partial charge on any atom is 0.196 e. The third-order valence-electron chi connectivity index (χ3n) is 13.3. The molecule has 23 heteroatoms. The van der Waals surface area contributed by atoms with Gasteiger partial charge in [-0.25, -0.2) is 44.9 Å². The van der Waals surface area contributed by atoms with Crippen LogP contribution in [0.3, 0.4) is 0 Å². The number of H-pyrrole nitrogens is 1. The summed E-state index contributed by atoms with van der Waals surface area (Å²) in [6, 6.07) is 11.8. The van der Waals surface area contributed by atoms with E-state index < -0.39 is 0 Å². The first-order chi connectivity index (χ1) is 60.2. The third-order valence-corrected chi connectivity index (χ3v) is 16.0. The Bertz CT molecular complexity index is 2980. The van der Waals surface area contributed by atoms with Crippen LogP contribution in [-0.4, -0.2) is 85.2 Å². The van der Waals surface area contributed by atoms with Crippen LogP contribution in [0, 0.1) is 0 Å². The molecule has 0 bridgehead atoms. The molecular formula is C102H187N17O3S3. The zero-order chi connectivity index (χ0) is 99.3. The fraction of sp³-hybridized carbons (Fsp3) is 0.588. The van der Waals surface area contributed by atoms with Crippen molar-refractivity contribution in [3.05, 3.63) is 250 Å². The van der Waals surface area contributed by atoms with E-state index in [1.54, 1.807) is 127 Å². The van der Waals surface area contributed by atoms with Gasteiger partial charge in [-0.05, 0) is 88.8 Å². The van der Waals surface area contributed by atoms with Gasteiger partial charge in [-0.15, -0.1) is 34.0 Å². The van der Waals surface area contributed by atoms with Crippen molar-refractivity contribution in [3.8, 4) is 0 Å². The largest absolute Gasteiger partial charge is 0.451 e. The van der Waals surface area contributed by atoms with Gasteiger partial charge in [0.1, 0.15) is 30.4 Å². The highest BCUT2D eigenvalue weighted by Gasteiger charge is 2.05. The second-order valence-electron chi connectivity index (χ2n) is 26.1. The molecule has 12 aromatic heterocycles. The molecule has 0 saturated heterocycles. The Balaban J connectivity index is -0.000000109. The molecule has 0 atom stereocenters. The zero-order valence-corrected chi connectivity index (χ0v) is 90.8. The molecule has 0 aromatic carbocycles. The molecule has 125 heavy (non-hydrogen) atoms. The first-order valence-corrected chi connectivity index (χ1v) is 49.1. The fourth-order valence-electron chi connectivity index (χ4n) is 6.88. The molecule has 0 amide bonds. The van der Waals surface area contributed by atoms with Gasteiger partial charge >= 0.3 is 0 Å². The number of aromatic amines is 1. The molecule has 0 aliphatic rings. The number of nitrogens with one attached hydrogen (secondary N) is 1. The molecule has 0 unspecified atom stereocenters. The van der Waals surface area contributed by atoms with Crippen molar-refractivity contribution in [2.75, 3.05) is 0 Å². The van der Waals surface area contributed by atoms with Crippen LogP contribution in [-0.2, 0) is 0 Å². The van der Waals surface area contributed by atoms with Crippen LogP contribution in [0.1, 0.15) is 470 Å². The number of pyridine rings is 1. The average molecular weight is 1800 g/mol. The van der Waals surface area contributed by atoms with E-state index in [0.29, 0.717) is 71.0 Å². The number of hydrogen-bond acceptors (Lipinski definition) is 22. The van der Waals surface area contributed by atoms with Crippen molar-refractivity contribution in [2.45, 2.75) is 403 Å². The molecule has 20 nitrogen and oxygen atoms in total. The second-order valence-corrected chi connectivity index (χ2v) is 28.6.